The van der Waals surface area contributed by atoms with Crippen molar-refractivity contribution in [3.8, 4) is 0 Å². The second kappa shape index (κ2) is 4.69. The van der Waals surface area contributed by atoms with E-state index < -0.39 is 5.97 Å². The third-order valence-electron chi connectivity index (χ3n) is 1.72. The molecule has 0 aromatic carbocycles. The van der Waals surface area contributed by atoms with Crippen LogP contribution in [0.15, 0.2) is 18.2 Å². The molecule has 1 rings (SSSR count). The molecule has 0 saturated carbocycles. The number of ether oxygens (including phenoxy) is 1. The summed E-state index contributed by atoms with van der Waals surface area (Å²) in [7, 11) is 1.53. The first kappa shape index (κ1) is 10.6. The Morgan fingerprint density at radius 2 is 2.43 bits per heavy atom. The van der Waals surface area contributed by atoms with E-state index in [1.807, 2.05) is 0 Å². The molecule has 0 unspecified atom stereocenters. The van der Waals surface area contributed by atoms with Crippen LogP contribution in [0.3, 0.4) is 0 Å². The van der Waals surface area contributed by atoms with Crippen molar-refractivity contribution < 1.29 is 14.6 Å². The summed E-state index contributed by atoms with van der Waals surface area (Å²) in [6, 6.07) is 4.32. The minimum absolute atomic E-state index is 0.00551. The standard InChI is InChI=1S/C9H12N2O3/c1-14-5-6(10)7-3-2-4-8(11-7)9(12)13/h2-4,6H,5,10H2,1H3,(H,12,13)/t6-/m1/s1. The Morgan fingerprint density at radius 3 is 3.00 bits per heavy atom. The van der Waals surface area contributed by atoms with Crippen LogP contribution in [-0.4, -0.2) is 29.8 Å². The van der Waals surface area contributed by atoms with Crippen LogP contribution < -0.4 is 5.73 Å². The van der Waals surface area contributed by atoms with E-state index in [0.29, 0.717) is 12.3 Å². The highest BCUT2D eigenvalue weighted by atomic mass is 16.5. The average Bonchev–Trinajstić information content (AvgIpc) is 2.18. The van der Waals surface area contributed by atoms with Crippen molar-refractivity contribution in [2.75, 3.05) is 13.7 Å². The Bertz CT molecular complexity index is 328. The van der Waals surface area contributed by atoms with Crippen LogP contribution in [0, 0.1) is 0 Å². The van der Waals surface area contributed by atoms with Gasteiger partial charge >= 0.3 is 5.97 Å². The molecule has 14 heavy (non-hydrogen) atoms. The lowest BCUT2D eigenvalue weighted by Crippen LogP contribution is -2.18. The maximum atomic E-state index is 10.6. The lowest BCUT2D eigenvalue weighted by atomic mass is 10.2. The summed E-state index contributed by atoms with van der Waals surface area (Å²) in [5, 5.41) is 8.69. The summed E-state index contributed by atoms with van der Waals surface area (Å²) in [6.45, 7) is 0.316. The monoisotopic (exact) mass is 196 g/mol. The maximum absolute atomic E-state index is 10.6. The average molecular weight is 196 g/mol. The molecule has 0 amide bonds. The van der Waals surface area contributed by atoms with Gasteiger partial charge in [0.2, 0.25) is 0 Å². The molecule has 3 N–H and O–H groups in total. The first-order chi connectivity index (χ1) is 6.65. The minimum Gasteiger partial charge on any atom is -0.477 e. The normalized spacial score (nSPS) is 12.4. The highest BCUT2D eigenvalue weighted by molar-refractivity contribution is 5.85. The van der Waals surface area contributed by atoms with Gasteiger partial charge in [-0.2, -0.15) is 0 Å². The van der Waals surface area contributed by atoms with Gasteiger partial charge in [-0.1, -0.05) is 6.07 Å². The van der Waals surface area contributed by atoms with Gasteiger partial charge in [0.15, 0.2) is 0 Å². The fraction of sp³-hybridized carbons (Fsp3) is 0.333. The predicted molar refractivity (Wildman–Crippen MR) is 50.0 cm³/mol. The van der Waals surface area contributed by atoms with E-state index in [-0.39, 0.29) is 11.7 Å². The van der Waals surface area contributed by atoms with Gasteiger partial charge in [0.1, 0.15) is 5.69 Å². The Labute approximate surface area is 81.5 Å². The largest absolute Gasteiger partial charge is 0.477 e. The highest BCUT2D eigenvalue weighted by Crippen LogP contribution is 2.08. The lowest BCUT2D eigenvalue weighted by molar-refractivity contribution is 0.0690. The molecule has 0 aliphatic heterocycles. The van der Waals surface area contributed by atoms with E-state index in [9.17, 15) is 4.79 Å². The van der Waals surface area contributed by atoms with E-state index in [4.69, 9.17) is 15.6 Å². The van der Waals surface area contributed by atoms with Crippen LogP contribution in [0.1, 0.15) is 22.2 Å². The lowest BCUT2D eigenvalue weighted by Gasteiger charge is -2.09. The van der Waals surface area contributed by atoms with Crippen LogP contribution in [0.25, 0.3) is 0 Å². The molecule has 0 bridgehead atoms. The summed E-state index contributed by atoms with van der Waals surface area (Å²) in [4.78, 5) is 14.5. The van der Waals surface area contributed by atoms with Crippen LogP contribution in [0.2, 0.25) is 0 Å². The molecule has 0 aliphatic rings. The fourth-order valence-electron chi connectivity index (χ4n) is 1.04. The topological polar surface area (TPSA) is 85.4 Å². The summed E-state index contributed by atoms with van der Waals surface area (Å²) in [5.41, 5.74) is 6.21. The SMILES string of the molecule is COC[C@@H](N)c1cccc(C(=O)O)n1. The van der Waals surface area contributed by atoms with Gasteiger partial charge in [0.05, 0.1) is 18.3 Å². The van der Waals surface area contributed by atoms with E-state index in [0.717, 1.165) is 0 Å². The Hall–Kier alpha value is -1.46. The Morgan fingerprint density at radius 1 is 1.71 bits per heavy atom. The molecule has 5 nitrogen and oxygen atoms in total. The molecule has 0 saturated heterocycles. The van der Waals surface area contributed by atoms with Gasteiger partial charge in [0.25, 0.3) is 0 Å². The number of pyridine rings is 1. The zero-order chi connectivity index (χ0) is 10.6. The summed E-state index contributed by atoms with van der Waals surface area (Å²) >= 11 is 0. The van der Waals surface area contributed by atoms with Gasteiger partial charge in [0, 0.05) is 7.11 Å². The maximum Gasteiger partial charge on any atom is 0.354 e. The van der Waals surface area contributed by atoms with Gasteiger partial charge in [-0.3, -0.25) is 0 Å². The van der Waals surface area contributed by atoms with Crippen molar-refractivity contribution in [2.24, 2.45) is 5.73 Å². The van der Waals surface area contributed by atoms with E-state index in [2.05, 4.69) is 4.98 Å². The van der Waals surface area contributed by atoms with Gasteiger partial charge in [-0.15, -0.1) is 0 Å². The first-order valence-electron chi connectivity index (χ1n) is 4.10. The quantitative estimate of drug-likeness (QED) is 0.729. The molecule has 0 aliphatic carbocycles. The van der Waals surface area contributed by atoms with E-state index >= 15 is 0 Å². The number of nitrogens with zero attached hydrogens (tertiary/aromatic N) is 1. The molecule has 1 aromatic heterocycles. The molecule has 5 heteroatoms. The molecule has 1 aromatic rings. The predicted octanol–water partition coefficient (Wildman–Crippen LogP) is 0.426. The molecular formula is C9H12N2O3. The number of hydrogen-bond acceptors (Lipinski definition) is 4. The molecule has 0 fully saturated rings. The molecule has 76 valence electrons. The van der Waals surface area contributed by atoms with Crippen molar-refractivity contribution in [1.29, 1.82) is 0 Å². The zero-order valence-electron chi connectivity index (χ0n) is 7.80. The smallest absolute Gasteiger partial charge is 0.354 e. The number of methoxy groups -OCH3 is 1. The van der Waals surface area contributed by atoms with Gasteiger partial charge in [-0.25, -0.2) is 9.78 Å². The van der Waals surface area contributed by atoms with E-state index in [1.165, 1.54) is 13.2 Å². The van der Waals surface area contributed by atoms with Crippen molar-refractivity contribution >= 4 is 5.97 Å². The number of carboxylic acid groups (broad SMARTS) is 1. The number of carboxylic acids is 1. The minimum atomic E-state index is -1.06. The molecule has 0 radical (unpaired) electrons. The number of nitrogens with two attached hydrogens (primary N) is 1. The first-order valence-corrected chi connectivity index (χ1v) is 4.10. The number of hydrogen-bond donors (Lipinski definition) is 2. The summed E-state index contributed by atoms with van der Waals surface area (Å²) in [6.07, 6.45) is 0. The van der Waals surface area contributed by atoms with Crippen LogP contribution in [0.4, 0.5) is 0 Å². The van der Waals surface area contributed by atoms with E-state index in [1.54, 1.807) is 12.1 Å². The molecular weight excluding hydrogens is 184 g/mol. The second-order valence-electron chi connectivity index (χ2n) is 2.81. The third-order valence-corrected chi connectivity index (χ3v) is 1.72. The Kier molecular flexibility index (Phi) is 3.55. The molecule has 1 atom stereocenters. The summed E-state index contributed by atoms with van der Waals surface area (Å²) in [5.74, 6) is -1.06. The zero-order valence-corrected chi connectivity index (χ0v) is 7.80. The van der Waals surface area contributed by atoms with Crippen LogP contribution in [0.5, 0.6) is 0 Å². The van der Waals surface area contributed by atoms with Crippen molar-refractivity contribution in [3.63, 3.8) is 0 Å². The molecule has 0 spiro atoms. The summed E-state index contributed by atoms with van der Waals surface area (Å²) < 4.78 is 4.85. The van der Waals surface area contributed by atoms with Gasteiger partial charge in [-0.05, 0) is 12.1 Å². The second-order valence-corrected chi connectivity index (χ2v) is 2.81. The van der Waals surface area contributed by atoms with Crippen molar-refractivity contribution in [3.05, 3.63) is 29.6 Å². The number of carbonyl (C=O) groups is 1. The Balaban J connectivity index is 2.87. The van der Waals surface area contributed by atoms with Crippen molar-refractivity contribution in [1.82, 2.24) is 4.98 Å². The highest BCUT2D eigenvalue weighted by Gasteiger charge is 2.10. The number of rotatable bonds is 4. The number of aromatic carboxylic acids is 1. The fourth-order valence-corrected chi connectivity index (χ4v) is 1.04. The van der Waals surface area contributed by atoms with Crippen molar-refractivity contribution in [2.45, 2.75) is 6.04 Å². The van der Waals surface area contributed by atoms with Crippen LogP contribution in [-0.2, 0) is 4.74 Å². The third kappa shape index (κ3) is 2.51. The number of aromatic nitrogens is 1. The van der Waals surface area contributed by atoms with Gasteiger partial charge < -0.3 is 15.6 Å². The molecule has 1 heterocycles. The van der Waals surface area contributed by atoms with Crippen LogP contribution >= 0.6 is 0 Å².